The van der Waals surface area contributed by atoms with Gasteiger partial charge in [0.2, 0.25) is 0 Å². The molecule has 1 aliphatic rings. The summed E-state index contributed by atoms with van der Waals surface area (Å²) in [5.74, 6) is 0. The number of fused-ring (bicyclic) bond motifs is 10. The first-order valence-corrected chi connectivity index (χ1v) is 20.2. The summed E-state index contributed by atoms with van der Waals surface area (Å²) in [5, 5.41) is 10.1. The minimum Gasteiger partial charge on any atom is -0.310 e. The molecule has 10 aromatic rings. The SMILES string of the molecule is CC1(C)CC(C)(C)c2cc(-c3ccc(-n4c5ccccc5c5ccc(N(c6ccccc6)c6ccc7c8ccccc8c8ccccc8c7c6)cc54)cc3)ccc21. The molecule has 9 aromatic carbocycles. The molecule has 274 valence electrons. The van der Waals surface area contributed by atoms with E-state index >= 15 is 0 Å². The first kappa shape index (κ1) is 33.7. The molecule has 1 aromatic heterocycles. The lowest BCUT2D eigenvalue weighted by Crippen LogP contribution is -2.17. The van der Waals surface area contributed by atoms with Gasteiger partial charge in [-0.2, -0.15) is 0 Å². The minimum atomic E-state index is 0.165. The molecular formula is C55H44N2. The molecule has 0 atom stereocenters. The quantitative estimate of drug-likeness (QED) is 0.160. The summed E-state index contributed by atoms with van der Waals surface area (Å²) in [4.78, 5) is 2.41. The van der Waals surface area contributed by atoms with E-state index in [9.17, 15) is 0 Å². The molecule has 0 fully saturated rings. The number of benzene rings is 9. The molecule has 0 saturated heterocycles. The van der Waals surface area contributed by atoms with Gasteiger partial charge in [-0.1, -0.05) is 155 Å². The van der Waals surface area contributed by atoms with E-state index in [0.29, 0.717) is 0 Å². The predicted octanol–water partition coefficient (Wildman–Crippen LogP) is 15.3. The van der Waals surface area contributed by atoms with E-state index in [4.69, 9.17) is 0 Å². The van der Waals surface area contributed by atoms with Gasteiger partial charge in [-0.15, -0.1) is 0 Å². The highest BCUT2D eigenvalue weighted by atomic mass is 15.1. The highest BCUT2D eigenvalue weighted by molar-refractivity contribution is 6.25. The maximum atomic E-state index is 2.45. The summed E-state index contributed by atoms with van der Waals surface area (Å²) in [6.45, 7) is 9.56. The lowest BCUT2D eigenvalue weighted by Gasteiger charge is -2.26. The van der Waals surface area contributed by atoms with Crippen molar-refractivity contribution in [1.29, 1.82) is 0 Å². The number of aromatic nitrogens is 1. The van der Waals surface area contributed by atoms with Crippen molar-refractivity contribution in [2.24, 2.45) is 0 Å². The zero-order valence-corrected chi connectivity index (χ0v) is 32.9. The molecule has 0 N–H and O–H groups in total. The van der Waals surface area contributed by atoms with Gasteiger partial charge < -0.3 is 9.47 Å². The molecule has 0 spiro atoms. The van der Waals surface area contributed by atoms with Crippen LogP contribution in [-0.2, 0) is 10.8 Å². The lowest BCUT2D eigenvalue weighted by molar-refractivity contribution is 0.403. The Kier molecular flexibility index (Phi) is 7.35. The number of para-hydroxylation sites is 2. The Balaban J connectivity index is 1.07. The van der Waals surface area contributed by atoms with Crippen LogP contribution in [0.2, 0.25) is 0 Å². The van der Waals surface area contributed by atoms with Crippen LogP contribution in [0.3, 0.4) is 0 Å². The number of hydrogen-bond donors (Lipinski definition) is 0. The number of nitrogens with zero attached hydrogens (tertiary/aromatic N) is 2. The Morgan fingerprint density at radius 2 is 0.877 bits per heavy atom. The van der Waals surface area contributed by atoms with Gasteiger partial charge in [0.05, 0.1) is 11.0 Å². The summed E-state index contributed by atoms with van der Waals surface area (Å²) in [6, 6.07) is 67.5. The van der Waals surface area contributed by atoms with Crippen LogP contribution < -0.4 is 4.90 Å². The fourth-order valence-corrected chi connectivity index (χ4v) is 10.4. The molecule has 1 aliphatic carbocycles. The lowest BCUT2D eigenvalue weighted by atomic mass is 9.82. The van der Waals surface area contributed by atoms with Crippen LogP contribution in [0.4, 0.5) is 17.1 Å². The maximum absolute atomic E-state index is 2.45. The standard InChI is InChI=1S/C55H44N2/c1-54(2)35-55(3,4)51-32-37(24-31-50(51)54)36-22-25-39(26-23-36)57-52-21-13-12-20-47(52)48-30-28-41(34-53(48)57)56(38-14-6-5-7-15-38)40-27-29-46-44-18-9-8-16-42(44)43-17-10-11-19-45(43)49(46)33-40/h5-34H,35H2,1-4H3. The fraction of sp³-hybridized carbons (Fsp3) is 0.127. The monoisotopic (exact) mass is 732 g/mol. The zero-order valence-electron chi connectivity index (χ0n) is 32.9. The second kappa shape index (κ2) is 12.4. The molecule has 0 bridgehead atoms. The van der Waals surface area contributed by atoms with Crippen molar-refractivity contribution in [1.82, 2.24) is 4.57 Å². The van der Waals surface area contributed by atoms with Crippen molar-refractivity contribution in [2.45, 2.75) is 44.9 Å². The van der Waals surface area contributed by atoms with Crippen LogP contribution in [0.5, 0.6) is 0 Å². The number of anilines is 3. The Morgan fingerprint density at radius 3 is 1.56 bits per heavy atom. The second-order valence-electron chi connectivity index (χ2n) is 17.3. The number of rotatable bonds is 5. The molecule has 11 rings (SSSR count). The van der Waals surface area contributed by atoms with Crippen LogP contribution in [-0.4, -0.2) is 4.57 Å². The molecule has 1 heterocycles. The zero-order chi connectivity index (χ0) is 38.5. The topological polar surface area (TPSA) is 8.17 Å². The van der Waals surface area contributed by atoms with Gasteiger partial charge in [0.1, 0.15) is 0 Å². The molecule has 0 amide bonds. The maximum Gasteiger partial charge on any atom is 0.0561 e. The van der Waals surface area contributed by atoms with Crippen molar-refractivity contribution < 1.29 is 0 Å². The summed E-state index contributed by atoms with van der Waals surface area (Å²) in [6.07, 6.45) is 1.17. The normalized spacial score (nSPS) is 14.5. The molecule has 57 heavy (non-hydrogen) atoms. The van der Waals surface area contributed by atoms with Gasteiger partial charge >= 0.3 is 0 Å². The first-order chi connectivity index (χ1) is 27.7. The third-order valence-corrected chi connectivity index (χ3v) is 12.7. The largest absolute Gasteiger partial charge is 0.310 e. The first-order valence-electron chi connectivity index (χ1n) is 20.2. The van der Waals surface area contributed by atoms with E-state index in [0.717, 1.165) is 22.7 Å². The van der Waals surface area contributed by atoms with Crippen molar-refractivity contribution in [3.8, 4) is 16.8 Å². The van der Waals surface area contributed by atoms with Gasteiger partial charge in [0, 0.05) is 33.5 Å². The van der Waals surface area contributed by atoms with Gasteiger partial charge in [-0.3, -0.25) is 0 Å². The van der Waals surface area contributed by atoms with Crippen molar-refractivity contribution in [2.75, 3.05) is 4.90 Å². The van der Waals surface area contributed by atoms with E-state index in [1.165, 1.54) is 82.8 Å². The highest BCUT2D eigenvalue weighted by Crippen LogP contribution is 2.50. The second-order valence-corrected chi connectivity index (χ2v) is 17.3. The Morgan fingerprint density at radius 1 is 0.368 bits per heavy atom. The molecule has 0 aliphatic heterocycles. The average Bonchev–Trinajstić information content (AvgIpc) is 3.67. The highest BCUT2D eigenvalue weighted by Gasteiger charge is 2.41. The molecule has 2 heteroatoms. The Labute approximate surface area is 334 Å². The van der Waals surface area contributed by atoms with Gasteiger partial charge in [0.15, 0.2) is 0 Å². The Hall–Kier alpha value is -6.64. The molecule has 2 nitrogen and oxygen atoms in total. The average molecular weight is 733 g/mol. The van der Waals surface area contributed by atoms with Crippen molar-refractivity contribution in [3.63, 3.8) is 0 Å². The van der Waals surface area contributed by atoms with Crippen molar-refractivity contribution >= 4 is 71.2 Å². The summed E-state index contributed by atoms with van der Waals surface area (Å²) < 4.78 is 2.44. The number of hydrogen-bond acceptors (Lipinski definition) is 1. The minimum absolute atomic E-state index is 0.165. The summed E-state index contributed by atoms with van der Waals surface area (Å²) >= 11 is 0. The van der Waals surface area contributed by atoms with E-state index in [-0.39, 0.29) is 10.8 Å². The Bertz CT molecular complexity index is 3170. The van der Waals surface area contributed by atoms with Gasteiger partial charge in [-0.25, -0.2) is 0 Å². The molecular weight excluding hydrogens is 689 g/mol. The van der Waals surface area contributed by atoms with E-state index in [2.05, 4.69) is 219 Å². The van der Waals surface area contributed by atoms with E-state index in [1.807, 2.05) is 0 Å². The molecule has 0 saturated carbocycles. The third kappa shape index (κ3) is 5.24. The fourth-order valence-electron chi connectivity index (χ4n) is 10.4. The smallest absolute Gasteiger partial charge is 0.0561 e. The summed E-state index contributed by atoms with van der Waals surface area (Å²) in [7, 11) is 0. The van der Waals surface area contributed by atoms with Gasteiger partial charge in [-0.05, 0) is 126 Å². The summed E-state index contributed by atoms with van der Waals surface area (Å²) in [5.41, 5.74) is 12.8. The van der Waals surface area contributed by atoms with Crippen LogP contribution in [0, 0.1) is 0 Å². The van der Waals surface area contributed by atoms with E-state index < -0.39 is 0 Å². The predicted molar refractivity (Wildman–Crippen MR) is 244 cm³/mol. The molecule has 0 unspecified atom stereocenters. The van der Waals surface area contributed by atoms with Crippen LogP contribution in [0.15, 0.2) is 182 Å². The van der Waals surface area contributed by atoms with Gasteiger partial charge in [0.25, 0.3) is 0 Å². The molecule has 0 radical (unpaired) electrons. The van der Waals surface area contributed by atoms with Crippen molar-refractivity contribution in [3.05, 3.63) is 193 Å². The van der Waals surface area contributed by atoms with Crippen LogP contribution in [0.25, 0.3) is 70.9 Å². The van der Waals surface area contributed by atoms with Crippen LogP contribution in [0.1, 0.15) is 45.2 Å². The third-order valence-electron chi connectivity index (χ3n) is 12.7. The van der Waals surface area contributed by atoms with E-state index in [1.54, 1.807) is 0 Å². The van der Waals surface area contributed by atoms with Crippen LogP contribution >= 0.6 is 0 Å².